The van der Waals surface area contributed by atoms with Gasteiger partial charge in [0.15, 0.2) is 0 Å². The van der Waals surface area contributed by atoms with Gasteiger partial charge in [0, 0.05) is 0 Å². The predicted octanol–water partition coefficient (Wildman–Crippen LogP) is 4.92. The van der Waals surface area contributed by atoms with Crippen LogP contribution >= 0.6 is 0 Å². The zero-order chi connectivity index (χ0) is 13.0. The van der Waals surface area contributed by atoms with Crippen LogP contribution in [0.5, 0.6) is 0 Å². The van der Waals surface area contributed by atoms with Crippen molar-refractivity contribution < 1.29 is 5.11 Å². The Balaban J connectivity index is 2.04. The van der Waals surface area contributed by atoms with Crippen LogP contribution in [0.1, 0.15) is 84.5 Å². The molecular weight excluding hydrogens is 220 g/mol. The molecule has 0 amide bonds. The lowest BCUT2D eigenvalue weighted by Gasteiger charge is -2.43. The molecule has 0 aromatic carbocycles. The minimum Gasteiger partial charge on any atom is -0.390 e. The Morgan fingerprint density at radius 1 is 0.889 bits per heavy atom. The summed E-state index contributed by atoms with van der Waals surface area (Å²) in [6, 6.07) is 0. The van der Waals surface area contributed by atoms with Gasteiger partial charge in [-0.25, -0.2) is 0 Å². The number of aliphatic hydroxyl groups is 1. The average Bonchev–Trinajstić information content (AvgIpc) is 2.61. The fraction of sp³-hybridized carbons (Fsp3) is 1.00. The van der Waals surface area contributed by atoms with Gasteiger partial charge < -0.3 is 5.11 Å². The molecule has 0 saturated heterocycles. The van der Waals surface area contributed by atoms with Crippen LogP contribution in [-0.4, -0.2) is 10.7 Å². The van der Waals surface area contributed by atoms with E-state index in [0.29, 0.717) is 5.92 Å². The van der Waals surface area contributed by atoms with E-state index in [4.69, 9.17) is 0 Å². The van der Waals surface area contributed by atoms with Gasteiger partial charge in [-0.15, -0.1) is 0 Å². The molecule has 2 fully saturated rings. The highest BCUT2D eigenvalue weighted by Gasteiger charge is 2.42. The molecule has 0 aromatic rings. The molecule has 2 aliphatic carbocycles. The summed E-state index contributed by atoms with van der Waals surface area (Å²) in [5.74, 6) is 2.27. The average molecular weight is 252 g/mol. The molecule has 0 bridgehead atoms. The van der Waals surface area contributed by atoms with E-state index in [9.17, 15) is 5.11 Å². The molecule has 1 nitrogen and oxygen atoms in total. The zero-order valence-corrected chi connectivity index (χ0v) is 12.5. The van der Waals surface area contributed by atoms with Crippen LogP contribution in [0, 0.1) is 17.8 Å². The van der Waals surface area contributed by atoms with Gasteiger partial charge in [-0.3, -0.25) is 0 Å². The van der Waals surface area contributed by atoms with Gasteiger partial charge in [0.25, 0.3) is 0 Å². The molecule has 0 aliphatic heterocycles. The van der Waals surface area contributed by atoms with Gasteiger partial charge in [-0.2, -0.15) is 0 Å². The molecule has 0 radical (unpaired) electrons. The quantitative estimate of drug-likeness (QED) is 0.707. The Morgan fingerprint density at radius 2 is 1.67 bits per heavy atom. The maximum atomic E-state index is 11.2. The van der Waals surface area contributed by atoms with E-state index in [1.54, 1.807) is 0 Å². The van der Waals surface area contributed by atoms with Crippen LogP contribution in [0.3, 0.4) is 0 Å². The van der Waals surface area contributed by atoms with Crippen molar-refractivity contribution >= 4 is 0 Å². The Morgan fingerprint density at radius 3 is 2.39 bits per heavy atom. The Kier molecular flexibility index (Phi) is 5.12. The minimum atomic E-state index is -0.314. The molecule has 0 spiro atoms. The lowest BCUT2D eigenvalue weighted by molar-refractivity contribution is -0.0696. The summed E-state index contributed by atoms with van der Waals surface area (Å²) in [5, 5.41) is 11.2. The Bertz CT molecular complexity index is 250. The molecule has 2 aliphatic rings. The smallest absolute Gasteiger partial charge is 0.0678 e. The van der Waals surface area contributed by atoms with Crippen molar-refractivity contribution in [3.8, 4) is 0 Å². The monoisotopic (exact) mass is 252 g/mol. The summed E-state index contributed by atoms with van der Waals surface area (Å²) in [7, 11) is 0. The zero-order valence-electron chi connectivity index (χ0n) is 12.5. The van der Waals surface area contributed by atoms with Crippen LogP contribution in [0.2, 0.25) is 0 Å². The molecule has 2 rings (SSSR count). The molecule has 0 aromatic heterocycles. The highest BCUT2D eigenvalue weighted by molar-refractivity contribution is 4.93. The standard InChI is InChI=1S/C17H32O/c1-3-14-8-7-12-17(18,13-11-14)16-10-6-5-9-15(16)4-2/h14-16,18H,3-13H2,1-2H3. The summed E-state index contributed by atoms with van der Waals surface area (Å²) in [4.78, 5) is 0. The lowest BCUT2D eigenvalue weighted by atomic mass is 9.66. The second kappa shape index (κ2) is 6.41. The summed E-state index contributed by atoms with van der Waals surface area (Å²) < 4.78 is 0. The number of hydrogen-bond acceptors (Lipinski definition) is 1. The fourth-order valence-electron chi connectivity index (χ4n) is 4.60. The maximum absolute atomic E-state index is 11.2. The van der Waals surface area contributed by atoms with Gasteiger partial charge in [-0.1, -0.05) is 58.8 Å². The van der Waals surface area contributed by atoms with Crippen LogP contribution in [0.15, 0.2) is 0 Å². The molecule has 1 heteroatoms. The van der Waals surface area contributed by atoms with E-state index >= 15 is 0 Å². The van der Waals surface area contributed by atoms with Crippen molar-refractivity contribution in [3.05, 3.63) is 0 Å². The Labute approximate surface area is 113 Å². The maximum Gasteiger partial charge on any atom is 0.0678 e. The first kappa shape index (κ1) is 14.4. The molecule has 1 N–H and O–H groups in total. The predicted molar refractivity (Wildman–Crippen MR) is 77.6 cm³/mol. The number of hydrogen-bond donors (Lipinski definition) is 1. The minimum absolute atomic E-state index is 0.314. The van der Waals surface area contributed by atoms with Gasteiger partial charge in [0.2, 0.25) is 0 Å². The Hall–Kier alpha value is -0.0400. The lowest BCUT2D eigenvalue weighted by Crippen LogP contribution is -2.43. The van der Waals surface area contributed by atoms with E-state index < -0.39 is 0 Å². The first-order valence-corrected chi connectivity index (χ1v) is 8.42. The molecule has 18 heavy (non-hydrogen) atoms. The van der Waals surface area contributed by atoms with E-state index in [1.807, 2.05) is 0 Å². The third-order valence-corrected chi connectivity index (χ3v) is 5.91. The van der Waals surface area contributed by atoms with Gasteiger partial charge >= 0.3 is 0 Å². The summed E-state index contributed by atoms with van der Waals surface area (Å²) in [5.41, 5.74) is -0.314. The van der Waals surface area contributed by atoms with Crippen molar-refractivity contribution in [1.82, 2.24) is 0 Å². The van der Waals surface area contributed by atoms with E-state index in [1.165, 1.54) is 57.8 Å². The molecule has 4 atom stereocenters. The second-order valence-electron chi connectivity index (χ2n) is 6.87. The van der Waals surface area contributed by atoms with Crippen LogP contribution < -0.4 is 0 Å². The van der Waals surface area contributed by atoms with Crippen molar-refractivity contribution in [1.29, 1.82) is 0 Å². The highest BCUT2D eigenvalue weighted by atomic mass is 16.3. The largest absolute Gasteiger partial charge is 0.390 e. The topological polar surface area (TPSA) is 20.2 Å². The van der Waals surface area contributed by atoms with Crippen LogP contribution in [0.4, 0.5) is 0 Å². The summed E-state index contributed by atoms with van der Waals surface area (Å²) in [6.07, 6.45) is 14.0. The highest BCUT2D eigenvalue weighted by Crippen LogP contribution is 2.45. The molecule has 2 saturated carbocycles. The van der Waals surface area contributed by atoms with E-state index in [-0.39, 0.29) is 5.60 Å². The van der Waals surface area contributed by atoms with E-state index in [0.717, 1.165) is 24.7 Å². The first-order valence-electron chi connectivity index (χ1n) is 8.42. The van der Waals surface area contributed by atoms with E-state index in [2.05, 4.69) is 13.8 Å². The normalized spacial score (nSPS) is 42.5. The van der Waals surface area contributed by atoms with Crippen LogP contribution in [-0.2, 0) is 0 Å². The van der Waals surface area contributed by atoms with Crippen molar-refractivity contribution in [2.75, 3.05) is 0 Å². The third-order valence-electron chi connectivity index (χ3n) is 5.91. The van der Waals surface area contributed by atoms with Crippen molar-refractivity contribution in [2.24, 2.45) is 17.8 Å². The van der Waals surface area contributed by atoms with Crippen molar-refractivity contribution in [3.63, 3.8) is 0 Å². The molecule has 106 valence electrons. The summed E-state index contributed by atoms with van der Waals surface area (Å²) in [6.45, 7) is 4.63. The third kappa shape index (κ3) is 3.10. The fourth-order valence-corrected chi connectivity index (χ4v) is 4.60. The molecular formula is C17H32O. The SMILES string of the molecule is CCC1CCCC(O)(C2CCCCC2CC)CC1. The van der Waals surface area contributed by atoms with Crippen LogP contribution in [0.25, 0.3) is 0 Å². The molecule has 4 unspecified atom stereocenters. The van der Waals surface area contributed by atoms with Gasteiger partial charge in [-0.05, 0) is 43.4 Å². The van der Waals surface area contributed by atoms with Gasteiger partial charge in [0.05, 0.1) is 5.60 Å². The van der Waals surface area contributed by atoms with Crippen molar-refractivity contribution in [2.45, 2.75) is 90.1 Å². The second-order valence-corrected chi connectivity index (χ2v) is 6.87. The van der Waals surface area contributed by atoms with Gasteiger partial charge in [0.1, 0.15) is 0 Å². The first-order chi connectivity index (χ1) is 8.69. The number of rotatable bonds is 3. The summed E-state index contributed by atoms with van der Waals surface area (Å²) >= 11 is 0. The molecule has 0 heterocycles.